The predicted molar refractivity (Wildman–Crippen MR) is 159 cm³/mol. The number of hydrogen-bond donors (Lipinski definition) is 2. The minimum atomic E-state index is -0.311. The highest BCUT2D eigenvalue weighted by Gasteiger charge is 2.21. The van der Waals surface area contributed by atoms with Gasteiger partial charge in [0.15, 0.2) is 0 Å². The van der Waals surface area contributed by atoms with Gasteiger partial charge in [0, 0.05) is 17.1 Å². The maximum absolute atomic E-state index is 13.8. The van der Waals surface area contributed by atoms with Crippen LogP contribution in [0, 0.1) is 13.8 Å². The second-order valence-electron chi connectivity index (χ2n) is 9.35. The van der Waals surface area contributed by atoms with E-state index in [0.717, 1.165) is 28.2 Å². The monoisotopic (exact) mass is 511 g/mol. The van der Waals surface area contributed by atoms with Crippen molar-refractivity contribution in [2.75, 3.05) is 15.5 Å². The van der Waals surface area contributed by atoms with Crippen LogP contribution in [0.15, 0.2) is 127 Å². The molecule has 2 amide bonds. The summed E-state index contributed by atoms with van der Waals surface area (Å²) in [6.07, 6.45) is 0. The van der Waals surface area contributed by atoms with Crippen molar-refractivity contribution in [3.63, 3.8) is 0 Å². The zero-order valence-corrected chi connectivity index (χ0v) is 21.9. The molecule has 0 aliphatic rings. The van der Waals surface area contributed by atoms with Crippen molar-refractivity contribution in [1.82, 2.24) is 0 Å². The number of benzene rings is 5. The Morgan fingerprint density at radius 2 is 1.03 bits per heavy atom. The van der Waals surface area contributed by atoms with Crippen molar-refractivity contribution >= 4 is 40.3 Å². The fraction of sp³-hybridized carbons (Fsp3) is 0.0588. The third kappa shape index (κ3) is 5.89. The van der Waals surface area contributed by atoms with Crippen molar-refractivity contribution < 1.29 is 9.59 Å². The quantitative estimate of drug-likeness (QED) is 0.231. The zero-order valence-electron chi connectivity index (χ0n) is 21.9. The molecule has 192 valence electrons. The van der Waals surface area contributed by atoms with Gasteiger partial charge in [-0.05, 0) is 85.6 Å². The van der Waals surface area contributed by atoms with Gasteiger partial charge in [0.05, 0.1) is 22.5 Å². The summed E-state index contributed by atoms with van der Waals surface area (Å²) in [5, 5.41) is 5.96. The van der Waals surface area contributed by atoms with E-state index < -0.39 is 0 Å². The van der Waals surface area contributed by atoms with E-state index in [9.17, 15) is 9.59 Å². The first kappa shape index (κ1) is 25.5. The van der Waals surface area contributed by atoms with Crippen LogP contribution >= 0.6 is 0 Å². The second kappa shape index (κ2) is 11.5. The summed E-state index contributed by atoms with van der Waals surface area (Å²) < 4.78 is 0. The van der Waals surface area contributed by atoms with Crippen molar-refractivity contribution in [2.45, 2.75) is 13.8 Å². The number of amides is 2. The number of aryl methyl sites for hydroxylation is 2. The van der Waals surface area contributed by atoms with Gasteiger partial charge in [0.2, 0.25) is 0 Å². The highest BCUT2D eigenvalue weighted by atomic mass is 16.2. The van der Waals surface area contributed by atoms with Crippen molar-refractivity contribution in [1.29, 1.82) is 0 Å². The van der Waals surface area contributed by atoms with Gasteiger partial charge in [-0.1, -0.05) is 66.7 Å². The first-order chi connectivity index (χ1) is 19.0. The average Bonchev–Trinajstić information content (AvgIpc) is 2.94. The lowest BCUT2D eigenvalue weighted by molar-refractivity contribution is 0.102. The van der Waals surface area contributed by atoms with Gasteiger partial charge >= 0.3 is 0 Å². The Balaban J connectivity index is 1.47. The van der Waals surface area contributed by atoms with E-state index in [1.165, 1.54) is 0 Å². The Labute approximate surface area is 228 Å². The van der Waals surface area contributed by atoms with Gasteiger partial charge in [-0.25, -0.2) is 0 Å². The van der Waals surface area contributed by atoms with E-state index in [1.807, 2.05) is 110 Å². The lowest BCUT2D eigenvalue weighted by Crippen LogP contribution is -2.21. The molecule has 0 spiro atoms. The lowest BCUT2D eigenvalue weighted by Gasteiger charge is -2.27. The molecule has 5 aromatic carbocycles. The molecule has 0 aromatic heterocycles. The van der Waals surface area contributed by atoms with E-state index in [0.29, 0.717) is 22.5 Å². The molecule has 0 aliphatic heterocycles. The second-order valence-corrected chi connectivity index (χ2v) is 9.35. The highest BCUT2D eigenvalue weighted by Crippen LogP contribution is 2.36. The summed E-state index contributed by atoms with van der Waals surface area (Å²) in [6.45, 7) is 3.98. The number of nitrogens with one attached hydrogen (secondary N) is 2. The molecule has 5 nitrogen and oxygen atoms in total. The minimum Gasteiger partial charge on any atom is -0.322 e. The minimum absolute atomic E-state index is 0.292. The van der Waals surface area contributed by atoms with Crippen LogP contribution in [0.4, 0.5) is 28.4 Å². The summed E-state index contributed by atoms with van der Waals surface area (Å²) in [7, 11) is 0. The molecule has 0 heterocycles. The molecule has 0 radical (unpaired) electrons. The summed E-state index contributed by atoms with van der Waals surface area (Å²) in [5.41, 5.74) is 6.71. The van der Waals surface area contributed by atoms with Crippen LogP contribution in [0.5, 0.6) is 0 Å². The Morgan fingerprint density at radius 3 is 1.64 bits per heavy atom. The molecule has 0 fully saturated rings. The lowest BCUT2D eigenvalue weighted by atomic mass is 10.1. The van der Waals surface area contributed by atoms with Crippen LogP contribution in [0.1, 0.15) is 31.8 Å². The Bertz CT molecular complexity index is 1550. The van der Waals surface area contributed by atoms with Crippen LogP contribution in [-0.2, 0) is 0 Å². The van der Waals surface area contributed by atoms with Crippen LogP contribution in [-0.4, -0.2) is 11.8 Å². The number of anilines is 5. The molecule has 0 saturated heterocycles. The van der Waals surface area contributed by atoms with Crippen LogP contribution in [0.2, 0.25) is 0 Å². The molecule has 0 saturated carbocycles. The van der Waals surface area contributed by atoms with Gasteiger partial charge in [-0.15, -0.1) is 0 Å². The number of hydrogen-bond acceptors (Lipinski definition) is 3. The van der Waals surface area contributed by atoms with Crippen LogP contribution in [0.25, 0.3) is 0 Å². The molecular weight excluding hydrogens is 482 g/mol. The Kier molecular flexibility index (Phi) is 7.51. The molecule has 5 rings (SSSR count). The highest BCUT2D eigenvalue weighted by molar-refractivity contribution is 6.14. The summed E-state index contributed by atoms with van der Waals surface area (Å²) in [4.78, 5) is 29.1. The third-order valence-corrected chi connectivity index (χ3v) is 6.32. The number of rotatable bonds is 7. The SMILES string of the molecule is Cc1cc(C)cc(NC(=O)c2ccccc2NC(=O)c2ccccc2N(c2ccccc2)c2ccccc2)c1. The molecule has 0 bridgehead atoms. The average molecular weight is 512 g/mol. The molecule has 2 N–H and O–H groups in total. The van der Waals surface area contributed by atoms with E-state index in [-0.39, 0.29) is 11.8 Å². The van der Waals surface area contributed by atoms with E-state index in [2.05, 4.69) is 16.7 Å². The molecule has 39 heavy (non-hydrogen) atoms. The van der Waals surface area contributed by atoms with Crippen molar-refractivity contribution in [2.24, 2.45) is 0 Å². The van der Waals surface area contributed by atoms with Gasteiger partial charge in [-0.2, -0.15) is 0 Å². The van der Waals surface area contributed by atoms with E-state index in [1.54, 1.807) is 30.3 Å². The summed E-state index contributed by atoms with van der Waals surface area (Å²) >= 11 is 0. The fourth-order valence-electron chi connectivity index (χ4n) is 4.67. The topological polar surface area (TPSA) is 61.4 Å². The largest absolute Gasteiger partial charge is 0.322 e. The first-order valence-electron chi connectivity index (χ1n) is 12.8. The fourth-order valence-corrected chi connectivity index (χ4v) is 4.67. The predicted octanol–water partition coefficient (Wildman–Crippen LogP) is 8.28. The first-order valence-corrected chi connectivity index (χ1v) is 12.8. The molecule has 0 aliphatic carbocycles. The number of carbonyl (C=O) groups is 2. The zero-order chi connectivity index (χ0) is 27.2. The molecular formula is C34H29N3O2. The maximum atomic E-state index is 13.8. The normalized spacial score (nSPS) is 10.5. The maximum Gasteiger partial charge on any atom is 0.257 e. The third-order valence-electron chi connectivity index (χ3n) is 6.32. The van der Waals surface area contributed by atoms with Gasteiger partial charge in [0.1, 0.15) is 0 Å². The smallest absolute Gasteiger partial charge is 0.257 e. The van der Waals surface area contributed by atoms with Crippen molar-refractivity contribution in [3.8, 4) is 0 Å². The van der Waals surface area contributed by atoms with Crippen molar-refractivity contribution in [3.05, 3.63) is 150 Å². The number of para-hydroxylation sites is 4. The Morgan fingerprint density at radius 1 is 0.538 bits per heavy atom. The van der Waals surface area contributed by atoms with E-state index >= 15 is 0 Å². The number of carbonyl (C=O) groups excluding carboxylic acids is 2. The van der Waals surface area contributed by atoms with Gasteiger partial charge in [0.25, 0.3) is 11.8 Å². The van der Waals surface area contributed by atoms with Gasteiger partial charge < -0.3 is 15.5 Å². The summed E-state index contributed by atoms with van der Waals surface area (Å²) in [6, 6.07) is 40.2. The molecule has 0 atom stereocenters. The van der Waals surface area contributed by atoms with Crippen LogP contribution < -0.4 is 15.5 Å². The number of nitrogens with zero attached hydrogens (tertiary/aromatic N) is 1. The van der Waals surface area contributed by atoms with Gasteiger partial charge in [-0.3, -0.25) is 9.59 Å². The van der Waals surface area contributed by atoms with E-state index in [4.69, 9.17) is 0 Å². The molecule has 5 heteroatoms. The Hall–Kier alpha value is -5.16. The summed E-state index contributed by atoms with van der Waals surface area (Å²) in [5.74, 6) is -0.603. The molecule has 5 aromatic rings. The molecule has 0 unspecified atom stereocenters. The standard InChI is InChI=1S/C34H29N3O2/c1-24-21-25(2)23-26(22-24)35-33(38)29-17-9-11-19-31(29)36-34(39)30-18-10-12-20-32(30)37(27-13-5-3-6-14-27)28-15-7-4-8-16-28/h3-23H,1-2H3,(H,35,38)(H,36,39). The van der Waals surface area contributed by atoms with Crippen LogP contribution in [0.3, 0.4) is 0 Å².